The van der Waals surface area contributed by atoms with Crippen LogP contribution in [0.2, 0.25) is 0 Å². The summed E-state index contributed by atoms with van der Waals surface area (Å²) >= 11 is 0. The molecule has 1 aromatic rings. The number of aliphatic hydroxyl groups is 1. The van der Waals surface area contributed by atoms with E-state index in [0.29, 0.717) is 24.0 Å². The molecule has 1 rings (SSSR count). The number of hydrogen-bond acceptors (Lipinski definition) is 4. The zero-order valence-corrected chi connectivity index (χ0v) is 13.1. The van der Waals surface area contributed by atoms with E-state index in [2.05, 4.69) is 13.8 Å². The highest BCUT2D eigenvalue weighted by molar-refractivity contribution is 7.85. The van der Waals surface area contributed by atoms with Gasteiger partial charge in [0, 0.05) is 23.1 Å². The molecule has 2 atom stereocenters. The number of benzene rings is 1. The first-order valence-corrected chi connectivity index (χ1v) is 8.45. The van der Waals surface area contributed by atoms with Crippen molar-refractivity contribution in [2.24, 2.45) is 11.7 Å². The van der Waals surface area contributed by atoms with Crippen molar-refractivity contribution in [1.82, 2.24) is 0 Å². The van der Waals surface area contributed by atoms with Crippen molar-refractivity contribution in [1.29, 1.82) is 0 Å². The second-order valence-electron chi connectivity index (χ2n) is 5.31. The lowest BCUT2D eigenvalue weighted by molar-refractivity contribution is 0.125. The summed E-state index contributed by atoms with van der Waals surface area (Å²) < 4.78 is 17.2. The predicted octanol–water partition coefficient (Wildman–Crippen LogP) is 1.68. The van der Waals surface area contributed by atoms with E-state index < -0.39 is 16.9 Å². The minimum Gasteiger partial charge on any atom is -0.491 e. The van der Waals surface area contributed by atoms with Gasteiger partial charge in [0.25, 0.3) is 0 Å². The van der Waals surface area contributed by atoms with E-state index in [1.807, 2.05) is 24.3 Å². The molecule has 0 aliphatic rings. The van der Waals surface area contributed by atoms with Gasteiger partial charge >= 0.3 is 0 Å². The highest BCUT2D eigenvalue weighted by Crippen LogP contribution is 2.12. The van der Waals surface area contributed by atoms with Crippen LogP contribution in [0.4, 0.5) is 0 Å². The van der Waals surface area contributed by atoms with Crippen molar-refractivity contribution in [2.45, 2.75) is 32.9 Å². The fourth-order valence-electron chi connectivity index (χ4n) is 1.63. The molecule has 0 spiro atoms. The van der Waals surface area contributed by atoms with E-state index >= 15 is 0 Å². The number of aliphatic hydroxyl groups excluding tert-OH is 1. The number of ether oxygens (including phenoxy) is 1. The monoisotopic (exact) mass is 299 g/mol. The summed E-state index contributed by atoms with van der Waals surface area (Å²) in [6.45, 7) is 4.86. The van der Waals surface area contributed by atoms with Gasteiger partial charge < -0.3 is 15.6 Å². The summed E-state index contributed by atoms with van der Waals surface area (Å²) in [5.74, 6) is 2.13. The molecule has 3 N–H and O–H groups in total. The molecule has 0 fully saturated rings. The molecule has 5 heteroatoms. The Kier molecular flexibility index (Phi) is 7.80. The minimum absolute atomic E-state index is 0.162. The molecular weight excluding hydrogens is 274 g/mol. The van der Waals surface area contributed by atoms with Crippen LogP contribution >= 0.6 is 0 Å². The maximum absolute atomic E-state index is 11.7. The van der Waals surface area contributed by atoms with Gasteiger partial charge in [0.15, 0.2) is 0 Å². The molecule has 0 bridgehead atoms. The zero-order valence-electron chi connectivity index (χ0n) is 12.2. The number of nitrogens with two attached hydrogens (primary N) is 1. The third-order valence-corrected chi connectivity index (χ3v) is 4.35. The first-order chi connectivity index (χ1) is 9.51. The Morgan fingerprint density at radius 1 is 1.30 bits per heavy atom. The van der Waals surface area contributed by atoms with Crippen molar-refractivity contribution < 1.29 is 14.1 Å². The molecule has 1 aromatic carbocycles. The van der Waals surface area contributed by atoms with Gasteiger partial charge in [-0.1, -0.05) is 26.0 Å². The molecular formula is C15H25NO3S. The van der Waals surface area contributed by atoms with Gasteiger partial charge in [0.1, 0.15) is 12.4 Å². The first kappa shape index (κ1) is 17.1. The van der Waals surface area contributed by atoms with Crippen LogP contribution in [-0.2, 0) is 17.3 Å². The summed E-state index contributed by atoms with van der Waals surface area (Å²) in [5.41, 5.74) is 6.55. The summed E-state index contributed by atoms with van der Waals surface area (Å²) in [4.78, 5) is 0. The van der Waals surface area contributed by atoms with Gasteiger partial charge in [0.2, 0.25) is 0 Å². The van der Waals surface area contributed by atoms with E-state index in [4.69, 9.17) is 10.5 Å². The molecule has 0 saturated carbocycles. The Hall–Kier alpha value is -0.910. The topological polar surface area (TPSA) is 72.5 Å². The van der Waals surface area contributed by atoms with E-state index in [-0.39, 0.29) is 12.4 Å². The fraction of sp³-hybridized carbons (Fsp3) is 0.600. The summed E-state index contributed by atoms with van der Waals surface area (Å²) in [5, 5.41) is 9.81. The van der Waals surface area contributed by atoms with Gasteiger partial charge in [-0.3, -0.25) is 4.21 Å². The SMILES string of the molecule is CC(C)CCS(=O)CC(O)COc1ccc(CN)cc1. The molecule has 0 aliphatic carbocycles. The lowest BCUT2D eigenvalue weighted by Crippen LogP contribution is -2.25. The molecule has 0 aromatic heterocycles. The molecule has 0 saturated heterocycles. The lowest BCUT2D eigenvalue weighted by atomic mass is 10.2. The summed E-state index contributed by atoms with van der Waals surface area (Å²) in [6.07, 6.45) is 0.220. The van der Waals surface area contributed by atoms with Gasteiger partial charge in [0.05, 0.1) is 11.9 Å². The Balaban J connectivity index is 2.28. The van der Waals surface area contributed by atoms with Crippen LogP contribution in [-0.4, -0.2) is 33.5 Å². The quantitative estimate of drug-likeness (QED) is 0.727. The van der Waals surface area contributed by atoms with Gasteiger partial charge in [-0.05, 0) is 30.0 Å². The largest absolute Gasteiger partial charge is 0.491 e. The lowest BCUT2D eigenvalue weighted by Gasteiger charge is -2.13. The molecule has 4 nitrogen and oxygen atoms in total. The predicted molar refractivity (Wildman–Crippen MR) is 83.2 cm³/mol. The normalized spacial score (nSPS) is 14.2. The second kappa shape index (κ2) is 9.10. The summed E-state index contributed by atoms with van der Waals surface area (Å²) in [7, 11) is -0.980. The standard InChI is InChI=1S/C15H25NO3S/c1-12(2)7-8-20(18)11-14(17)10-19-15-5-3-13(9-16)4-6-15/h3-6,12,14,17H,7-11,16H2,1-2H3. The van der Waals surface area contributed by atoms with Crippen molar-refractivity contribution in [3.05, 3.63) is 29.8 Å². The van der Waals surface area contributed by atoms with Gasteiger partial charge in [-0.15, -0.1) is 0 Å². The third-order valence-electron chi connectivity index (χ3n) is 2.90. The highest BCUT2D eigenvalue weighted by atomic mass is 32.2. The molecule has 20 heavy (non-hydrogen) atoms. The van der Waals surface area contributed by atoms with Crippen molar-refractivity contribution >= 4 is 10.8 Å². The van der Waals surface area contributed by atoms with Crippen molar-refractivity contribution in [3.8, 4) is 5.75 Å². The smallest absolute Gasteiger partial charge is 0.119 e. The zero-order chi connectivity index (χ0) is 15.0. The fourth-order valence-corrected chi connectivity index (χ4v) is 3.05. The van der Waals surface area contributed by atoms with Crippen molar-refractivity contribution in [2.75, 3.05) is 18.1 Å². The minimum atomic E-state index is -0.980. The molecule has 0 heterocycles. The van der Waals surface area contributed by atoms with Gasteiger partial charge in [-0.25, -0.2) is 0 Å². The van der Waals surface area contributed by atoms with Crippen LogP contribution in [0.25, 0.3) is 0 Å². The maximum atomic E-state index is 11.7. The van der Waals surface area contributed by atoms with Crippen LogP contribution in [0, 0.1) is 5.92 Å². The highest BCUT2D eigenvalue weighted by Gasteiger charge is 2.11. The van der Waals surface area contributed by atoms with E-state index in [9.17, 15) is 9.32 Å². The molecule has 0 amide bonds. The van der Waals surface area contributed by atoms with E-state index in [0.717, 1.165) is 12.0 Å². The van der Waals surface area contributed by atoms with Crippen LogP contribution in [0.5, 0.6) is 5.75 Å². The van der Waals surface area contributed by atoms with Crippen molar-refractivity contribution in [3.63, 3.8) is 0 Å². The average Bonchev–Trinajstić information content (AvgIpc) is 2.43. The van der Waals surface area contributed by atoms with E-state index in [1.165, 1.54) is 0 Å². The van der Waals surface area contributed by atoms with Crippen LogP contribution in [0.3, 0.4) is 0 Å². The Bertz CT molecular complexity index is 406. The molecule has 114 valence electrons. The van der Waals surface area contributed by atoms with Crippen LogP contribution in [0.1, 0.15) is 25.8 Å². The Morgan fingerprint density at radius 3 is 2.50 bits per heavy atom. The first-order valence-electron chi connectivity index (χ1n) is 6.96. The number of hydrogen-bond donors (Lipinski definition) is 2. The average molecular weight is 299 g/mol. The van der Waals surface area contributed by atoms with Gasteiger partial charge in [-0.2, -0.15) is 0 Å². The number of rotatable bonds is 9. The third kappa shape index (κ3) is 7.03. The van der Waals surface area contributed by atoms with Crippen LogP contribution < -0.4 is 10.5 Å². The maximum Gasteiger partial charge on any atom is 0.119 e. The van der Waals surface area contributed by atoms with Crippen LogP contribution in [0.15, 0.2) is 24.3 Å². The summed E-state index contributed by atoms with van der Waals surface area (Å²) in [6, 6.07) is 7.43. The second-order valence-corrected chi connectivity index (χ2v) is 6.93. The molecule has 0 aliphatic heterocycles. The molecule has 2 unspecified atom stereocenters. The van der Waals surface area contributed by atoms with E-state index in [1.54, 1.807) is 0 Å². The molecule has 0 radical (unpaired) electrons. The Morgan fingerprint density at radius 2 is 1.95 bits per heavy atom. The Labute approximate surface area is 123 Å².